The van der Waals surface area contributed by atoms with Crippen molar-refractivity contribution in [1.82, 2.24) is 25.2 Å². The van der Waals surface area contributed by atoms with Crippen LogP contribution in [0.5, 0.6) is 11.5 Å². The van der Waals surface area contributed by atoms with E-state index >= 15 is 0 Å². The Bertz CT molecular complexity index is 1700. The van der Waals surface area contributed by atoms with E-state index in [0.717, 1.165) is 117 Å². The van der Waals surface area contributed by atoms with Gasteiger partial charge >= 0.3 is 0 Å². The van der Waals surface area contributed by atoms with Crippen molar-refractivity contribution in [2.24, 2.45) is 0 Å². The molecule has 2 saturated carbocycles. The zero-order valence-corrected chi connectivity index (χ0v) is 28.0. The summed E-state index contributed by atoms with van der Waals surface area (Å²) in [5.74, 6) is 2.40. The number of pyridine rings is 3. The van der Waals surface area contributed by atoms with Crippen molar-refractivity contribution in [2.75, 3.05) is 51.3 Å². The van der Waals surface area contributed by atoms with Gasteiger partial charge in [0, 0.05) is 68.7 Å². The molecule has 3 fully saturated rings. The molecule has 2 unspecified atom stereocenters. The highest BCUT2D eigenvalue weighted by Gasteiger charge is 2.33. The molecule has 8 rings (SSSR count). The monoisotopic (exact) mass is 656 g/mol. The van der Waals surface area contributed by atoms with Gasteiger partial charge in [0.25, 0.3) is 17.0 Å². The molecule has 1 saturated heterocycles. The molecule has 0 radical (unpaired) electrons. The number of fused-ring (bicyclic) bond motifs is 2. The van der Waals surface area contributed by atoms with Crippen LogP contribution in [0.15, 0.2) is 40.1 Å². The van der Waals surface area contributed by atoms with E-state index in [2.05, 4.69) is 42.2 Å². The molecule has 11 nitrogen and oxygen atoms in total. The van der Waals surface area contributed by atoms with Gasteiger partial charge in [-0.1, -0.05) is 12.8 Å². The molecular formula is C37H48N6O5. The highest BCUT2D eigenvalue weighted by molar-refractivity contribution is 5.92. The molecule has 3 aromatic rings. The molecule has 3 N–H and O–H groups in total. The van der Waals surface area contributed by atoms with Crippen LogP contribution in [-0.4, -0.2) is 78.2 Å². The van der Waals surface area contributed by atoms with E-state index < -0.39 is 0 Å². The second-order valence-electron chi connectivity index (χ2n) is 13.8. The lowest BCUT2D eigenvalue weighted by Crippen LogP contribution is -2.49. The Balaban J connectivity index is 0.000000190. The van der Waals surface area contributed by atoms with Gasteiger partial charge in [0.15, 0.2) is 0 Å². The number of aromatic amines is 2. The zero-order chi connectivity index (χ0) is 33.0. The van der Waals surface area contributed by atoms with E-state index in [1.807, 2.05) is 6.07 Å². The second-order valence-corrected chi connectivity index (χ2v) is 13.8. The minimum Gasteiger partial charge on any atom is -0.493 e. The fourth-order valence-electron chi connectivity index (χ4n) is 8.19. The number of rotatable bonds is 5. The minimum atomic E-state index is -0.163. The molecule has 6 heterocycles. The van der Waals surface area contributed by atoms with Gasteiger partial charge in [-0.15, -0.1) is 0 Å². The van der Waals surface area contributed by atoms with Crippen molar-refractivity contribution in [3.63, 3.8) is 0 Å². The molecule has 1 amide bonds. The van der Waals surface area contributed by atoms with E-state index in [1.165, 1.54) is 25.7 Å². The maximum absolute atomic E-state index is 12.5. The van der Waals surface area contributed by atoms with E-state index in [-0.39, 0.29) is 17.0 Å². The molecular weight excluding hydrogens is 608 g/mol. The molecule has 48 heavy (non-hydrogen) atoms. The number of amides is 1. The Morgan fingerprint density at radius 2 is 1.44 bits per heavy atom. The molecule has 0 bridgehead atoms. The Kier molecular flexibility index (Phi) is 9.83. The number of ether oxygens (including phenoxy) is 2. The van der Waals surface area contributed by atoms with Crippen LogP contribution in [0.1, 0.15) is 103 Å². The summed E-state index contributed by atoms with van der Waals surface area (Å²) in [6, 6.07) is 8.46. The van der Waals surface area contributed by atoms with Gasteiger partial charge < -0.3 is 29.7 Å². The third-order valence-corrected chi connectivity index (χ3v) is 10.9. The number of piperazine rings is 1. The van der Waals surface area contributed by atoms with Crippen LogP contribution in [0, 0.1) is 0 Å². The first-order valence-corrected chi connectivity index (χ1v) is 17.9. The average Bonchev–Trinajstić information content (AvgIpc) is 3.86. The van der Waals surface area contributed by atoms with Gasteiger partial charge in [0.05, 0.1) is 36.2 Å². The summed E-state index contributed by atoms with van der Waals surface area (Å²) in [6.45, 7) is 5.38. The SMILES string of the molecule is CNC(=O)c1ccc(N2CCN(C3CCC(c4cc5c(c(=O)[nH]4)CCCO5)C3)CC2)cn1.O=c1[nH]c(C2CCCC2)cc2c1CCCO2. The van der Waals surface area contributed by atoms with Crippen LogP contribution >= 0.6 is 0 Å². The van der Waals surface area contributed by atoms with E-state index in [0.29, 0.717) is 30.2 Å². The Morgan fingerprint density at radius 3 is 2.02 bits per heavy atom. The molecule has 0 spiro atoms. The Labute approximate surface area is 281 Å². The van der Waals surface area contributed by atoms with E-state index in [1.54, 1.807) is 19.3 Å². The highest BCUT2D eigenvalue weighted by atomic mass is 16.5. The fourth-order valence-corrected chi connectivity index (χ4v) is 8.19. The molecule has 2 aliphatic carbocycles. The number of anilines is 1. The van der Waals surface area contributed by atoms with Crippen LogP contribution in [0.25, 0.3) is 0 Å². The smallest absolute Gasteiger partial charge is 0.269 e. The normalized spacial score (nSPS) is 22.5. The molecule has 3 aromatic heterocycles. The zero-order valence-electron chi connectivity index (χ0n) is 28.0. The van der Waals surface area contributed by atoms with Gasteiger partial charge in [0.2, 0.25) is 0 Å². The molecule has 3 aliphatic heterocycles. The average molecular weight is 657 g/mol. The fraction of sp³-hybridized carbons (Fsp3) is 0.568. The number of carbonyl (C=O) groups excluding carboxylic acids is 1. The highest BCUT2D eigenvalue weighted by Crippen LogP contribution is 2.38. The summed E-state index contributed by atoms with van der Waals surface area (Å²) in [6.07, 6.45) is 13.6. The van der Waals surface area contributed by atoms with Crippen LogP contribution < -0.4 is 30.8 Å². The molecule has 256 valence electrons. The lowest BCUT2D eigenvalue weighted by atomic mass is 10.00. The van der Waals surface area contributed by atoms with E-state index in [4.69, 9.17) is 9.47 Å². The molecule has 5 aliphatic rings. The lowest BCUT2D eigenvalue weighted by molar-refractivity contribution is 0.0958. The van der Waals surface area contributed by atoms with Crippen LogP contribution in [0.4, 0.5) is 5.69 Å². The summed E-state index contributed by atoms with van der Waals surface area (Å²) in [7, 11) is 1.61. The first-order valence-electron chi connectivity index (χ1n) is 17.9. The molecule has 0 aromatic carbocycles. The summed E-state index contributed by atoms with van der Waals surface area (Å²) in [5, 5.41) is 2.60. The van der Waals surface area contributed by atoms with Crippen molar-refractivity contribution >= 4 is 11.6 Å². The predicted molar refractivity (Wildman–Crippen MR) is 185 cm³/mol. The van der Waals surface area contributed by atoms with Gasteiger partial charge in [-0.25, -0.2) is 4.98 Å². The summed E-state index contributed by atoms with van der Waals surface area (Å²) in [4.78, 5) is 51.5. The van der Waals surface area contributed by atoms with Crippen molar-refractivity contribution in [3.8, 4) is 11.5 Å². The van der Waals surface area contributed by atoms with Crippen molar-refractivity contribution in [3.05, 3.63) is 79.4 Å². The summed E-state index contributed by atoms with van der Waals surface area (Å²) in [5.41, 5.74) is 5.38. The third kappa shape index (κ3) is 7.02. The predicted octanol–water partition coefficient (Wildman–Crippen LogP) is 4.27. The standard InChI is InChI=1S/C24H31N5O3.C13H17NO2/c1-25-24(31)20-7-6-18(15-26-20)29-10-8-28(9-11-29)17-5-4-16(13-17)21-14-22-19(23(30)27-21)3-2-12-32-22;15-13-10-6-3-7-16-12(10)8-11(14-13)9-4-1-2-5-9/h6-7,14-17H,2-5,8-13H2,1H3,(H,25,31)(H,27,30);8-9H,1-7H2,(H,14,15). The number of H-pyrrole nitrogens is 2. The van der Waals surface area contributed by atoms with Crippen LogP contribution in [0.3, 0.4) is 0 Å². The van der Waals surface area contributed by atoms with Gasteiger partial charge in [-0.2, -0.15) is 0 Å². The first-order chi connectivity index (χ1) is 23.5. The lowest BCUT2D eigenvalue weighted by Gasteiger charge is -2.39. The summed E-state index contributed by atoms with van der Waals surface area (Å²) < 4.78 is 11.3. The van der Waals surface area contributed by atoms with E-state index in [9.17, 15) is 14.4 Å². The molecule has 11 heteroatoms. The molecule has 2 atom stereocenters. The number of hydrogen-bond donors (Lipinski definition) is 3. The number of aromatic nitrogens is 3. The van der Waals surface area contributed by atoms with Crippen LogP contribution in [0.2, 0.25) is 0 Å². The topological polar surface area (TPSA) is 133 Å². The van der Waals surface area contributed by atoms with Gasteiger partial charge in [-0.3, -0.25) is 19.3 Å². The summed E-state index contributed by atoms with van der Waals surface area (Å²) >= 11 is 0. The maximum Gasteiger partial charge on any atom is 0.269 e. The van der Waals surface area contributed by atoms with Crippen molar-refractivity contribution < 1.29 is 14.3 Å². The van der Waals surface area contributed by atoms with Crippen LogP contribution in [-0.2, 0) is 12.8 Å². The third-order valence-electron chi connectivity index (χ3n) is 10.9. The quantitative estimate of drug-likeness (QED) is 0.371. The number of hydrogen-bond acceptors (Lipinski definition) is 8. The first kappa shape index (κ1) is 32.4. The number of carbonyl (C=O) groups is 1. The van der Waals surface area contributed by atoms with Crippen molar-refractivity contribution in [1.29, 1.82) is 0 Å². The Morgan fingerprint density at radius 1 is 0.812 bits per heavy atom. The largest absolute Gasteiger partial charge is 0.493 e. The maximum atomic E-state index is 12.5. The van der Waals surface area contributed by atoms with Gasteiger partial charge in [-0.05, 0) is 75.8 Å². The number of nitrogens with one attached hydrogen (secondary N) is 3. The second kappa shape index (κ2) is 14.6. The van der Waals surface area contributed by atoms with Crippen molar-refractivity contribution in [2.45, 2.75) is 88.5 Å². The van der Waals surface area contributed by atoms with Gasteiger partial charge in [0.1, 0.15) is 17.2 Å². The minimum absolute atomic E-state index is 0.0327. The number of nitrogens with zero attached hydrogens (tertiary/aromatic N) is 3. The Hall–Kier alpha value is -4.12.